The highest BCUT2D eigenvalue weighted by molar-refractivity contribution is 8.00. The van der Waals surface area contributed by atoms with E-state index in [0.29, 0.717) is 0 Å². The van der Waals surface area contributed by atoms with E-state index in [1.54, 1.807) is 6.07 Å². The summed E-state index contributed by atoms with van der Waals surface area (Å²) >= 11 is 1.52. The minimum atomic E-state index is -0.806. The molecule has 0 saturated carbocycles. The molecule has 1 unspecified atom stereocenters. The number of hydrogen-bond donors (Lipinski definition) is 1. The summed E-state index contributed by atoms with van der Waals surface area (Å²) in [5.74, 6) is -1.59. The van der Waals surface area contributed by atoms with Crippen LogP contribution in [0.5, 0.6) is 0 Å². The number of hydrogen-bond acceptors (Lipinski definition) is 2. The molecule has 1 atom stereocenters. The Balaban J connectivity index is 1.64. The van der Waals surface area contributed by atoms with E-state index in [2.05, 4.69) is 36.5 Å². The van der Waals surface area contributed by atoms with E-state index in [4.69, 9.17) is 0 Å². The normalized spacial score (nSPS) is 16.2. The van der Waals surface area contributed by atoms with Crippen LogP contribution in [0.15, 0.2) is 41.3 Å². The second-order valence-corrected chi connectivity index (χ2v) is 7.08. The van der Waals surface area contributed by atoms with Gasteiger partial charge in [0.25, 0.3) is 0 Å². The summed E-state index contributed by atoms with van der Waals surface area (Å²) in [7, 11) is 0. The summed E-state index contributed by atoms with van der Waals surface area (Å²) in [6.07, 6.45) is 6.14. The zero-order chi connectivity index (χ0) is 16.2. The maximum absolute atomic E-state index is 13.8. The fourth-order valence-electron chi connectivity index (χ4n) is 2.82. The quantitative estimate of drug-likeness (QED) is 0.622. The van der Waals surface area contributed by atoms with Crippen LogP contribution < -0.4 is 5.32 Å². The molecule has 0 saturated heterocycles. The Morgan fingerprint density at radius 1 is 1.00 bits per heavy atom. The number of fused-ring (bicyclic) bond motifs is 1. The van der Waals surface area contributed by atoms with Gasteiger partial charge in [-0.05, 0) is 36.1 Å². The molecule has 1 N–H and O–H groups in total. The van der Waals surface area contributed by atoms with Gasteiger partial charge < -0.3 is 5.32 Å². The molecule has 0 aromatic heterocycles. The van der Waals surface area contributed by atoms with E-state index in [1.165, 1.54) is 49.1 Å². The van der Waals surface area contributed by atoms with Crippen molar-refractivity contribution in [2.45, 2.75) is 49.3 Å². The third-order valence-electron chi connectivity index (χ3n) is 4.18. The standard InChI is InChI=1S/C19H21F2NS/c1-2-3-4-5-6-13-7-9-14(10-8-13)19-22-18-16(23-19)12-11-15(20)17(18)21/h7-12,19,22H,2-6H2,1H3. The molecular weight excluding hydrogens is 312 g/mol. The van der Waals surface area contributed by atoms with E-state index in [9.17, 15) is 8.78 Å². The average Bonchev–Trinajstić information content (AvgIpc) is 3.01. The predicted molar refractivity (Wildman–Crippen MR) is 92.9 cm³/mol. The molecule has 0 bridgehead atoms. The van der Waals surface area contributed by atoms with Crippen LogP contribution in [0.25, 0.3) is 0 Å². The van der Waals surface area contributed by atoms with Crippen molar-refractivity contribution in [2.24, 2.45) is 0 Å². The number of thioether (sulfide) groups is 1. The van der Waals surface area contributed by atoms with Crippen molar-refractivity contribution < 1.29 is 8.78 Å². The van der Waals surface area contributed by atoms with Crippen molar-refractivity contribution in [3.05, 3.63) is 59.2 Å². The van der Waals surface area contributed by atoms with Gasteiger partial charge in [0, 0.05) is 4.90 Å². The summed E-state index contributed by atoms with van der Waals surface area (Å²) in [5, 5.41) is 3.03. The predicted octanol–water partition coefficient (Wildman–Crippen LogP) is 6.30. The highest BCUT2D eigenvalue weighted by atomic mass is 32.2. The van der Waals surface area contributed by atoms with Crippen LogP contribution in [0.4, 0.5) is 14.5 Å². The van der Waals surface area contributed by atoms with Crippen LogP contribution in [-0.4, -0.2) is 0 Å². The largest absolute Gasteiger partial charge is 0.366 e. The van der Waals surface area contributed by atoms with E-state index < -0.39 is 11.6 Å². The lowest BCUT2D eigenvalue weighted by Gasteiger charge is -2.12. The topological polar surface area (TPSA) is 12.0 Å². The monoisotopic (exact) mass is 333 g/mol. The van der Waals surface area contributed by atoms with Gasteiger partial charge in [-0.1, -0.05) is 62.2 Å². The van der Waals surface area contributed by atoms with Gasteiger partial charge in [0.05, 0.1) is 5.69 Å². The fraction of sp³-hybridized carbons (Fsp3) is 0.368. The molecule has 122 valence electrons. The Morgan fingerprint density at radius 3 is 2.52 bits per heavy atom. The highest BCUT2D eigenvalue weighted by Crippen LogP contribution is 2.47. The number of anilines is 1. The molecule has 0 aliphatic carbocycles. The third kappa shape index (κ3) is 3.69. The Hall–Kier alpha value is -1.55. The van der Waals surface area contributed by atoms with Crippen molar-refractivity contribution in [1.29, 1.82) is 0 Å². The van der Waals surface area contributed by atoms with Gasteiger partial charge in [-0.2, -0.15) is 0 Å². The number of unbranched alkanes of at least 4 members (excludes halogenated alkanes) is 3. The molecule has 2 aromatic rings. The number of halogens is 2. The first-order chi connectivity index (χ1) is 11.2. The molecular formula is C19H21F2NS. The summed E-state index contributed by atoms with van der Waals surface area (Å²) in [5.41, 5.74) is 2.70. The maximum Gasteiger partial charge on any atom is 0.183 e. The second kappa shape index (κ2) is 7.35. The first kappa shape index (κ1) is 16.3. The maximum atomic E-state index is 13.8. The molecule has 1 nitrogen and oxygen atoms in total. The number of benzene rings is 2. The Bertz CT molecular complexity index is 670. The molecule has 2 aromatic carbocycles. The molecule has 0 amide bonds. The number of rotatable bonds is 6. The van der Waals surface area contributed by atoms with E-state index in [1.807, 2.05) is 0 Å². The fourth-order valence-corrected chi connectivity index (χ4v) is 3.96. The minimum Gasteiger partial charge on any atom is -0.366 e. The van der Waals surface area contributed by atoms with Gasteiger partial charge in [0.2, 0.25) is 0 Å². The Labute approximate surface area is 140 Å². The van der Waals surface area contributed by atoms with Crippen molar-refractivity contribution in [3.8, 4) is 0 Å². The third-order valence-corrected chi connectivity index (χ3v) is 5.40. The van der Waals surface area contributed by atoms with Crippen LogP contribution in [0.2, 0.25) is 0 Å². The SMILES string of the molecule is CCCCCCc1ccc(C2Nc3c(ccc(F)c3F)S2)cc1. The summed E-state index contributed by atoms with van der Waals surface area (Å²) < 4.78 is 27.1. The van der Waals surface area contributed by atoms with Gasteiger partial charge in [0.15, 0.2) is 11.6 Å². The lowest BCUT2D eigenvalue weighted by Crippen LogP contribution is -2.03. The van der Waals surface area contributed by atoms with Crippen LogP contribution in [0.3, 0.4) is 0 Å². The van der Waals surface area contributed by atoms with Gasteiger partial charge in [-0.25, -0.2) is 8.78 Å². The van der Waals surface area contributed by atoms with Crippen LogP contribution >= 0.6 is 11.8 Å². The molecule has 1 heterocycles. The molecule has 3 rings (SSSR count). The van der Waals surface area contributed by atoms with Crippen LogP contribution in [-0.2, 0) is 6.42 Å². The molecule has 1 aliphatic rings. The van der Waals surface area contributed by atoms with Crippen molar-refractivity contribution >= 4 is 17.4 Å². The molecule has 0 spiro atoms. The summed E-state index contributed by atoms with van der Waals surface area (Å²) in [6.45, 7) is 2.22. The minimum absolute atomic E-state index is 0.0598. The first-order valence-electron chi connectivity index (χ1n) is 8.19. The molecule has 23 heavy (non-hydrogen) atoms. The first-order valence-corrected chi connectivity index (χ1v) is 9.07. The Morgan fingerprint density at radius 2 is 1.78 bits per heavy atom. The van der Waals surface area contributed by atoms with Crippen molar-refractivity contribution in [1.82, 2.24) is 0 Å². The Kier molecular flexibility index (Phi) is 5.21. The molecule has 4 heteroatoms. The smallest absolute Gasteiger partial charge is 0.183 e. The number of aryl methyl sites for hydroxylation is 1. The lowest BCUT2D eigenvalue weighted by molar-refractivity contribution is 0.509. The zero-order valence-electron chi connectivity index (χ0n) is 13.2. The van der Waals surface area contributed by atoms with E-state index in [-0.39, 0.29) is 11.1 Å². The molecule has 0 fully saturated rings. The van der Waals surface area contributed by atoms with Crippen LogP contribution in [0, 0.1) is 11.6 Å². The van der Waals surface area contributed by atoms with Gasteiger partial charge in [-0.3, -0.25) is 0 Å². The summed E-state index contributed by atoms with van der Waals surface area (Å²) in [6, 6.07) is 11.3. The average molecular weight is 333 g/mol. The van der Waals surface area contributed by atoms with Crippen LogP contribution in [0.1, 0.15) is 49.1 Å². The van der Waals surface area contributed by atoms with Crippen molar-refractivity contribution in [2.75, 3.05) is 5.32 Å². The van der Waals surface area contributed by atoms with E-state index in [0.717, 1.165) is 16.9 Å². The summed E-state index contributed by atoms with van der Waals surface area (Å²) in [4.78, 5) is 0.762. The molecule has 1 aliphatic heterocycles. The van der Waals surface area contributed by atoms with E-state index >= 15 is 0 Å². The van der Waals surface area contributed by atoms with Gasteiger partial charge in [0.1, 0.15) is 5.37 Å². The number of nitrogens with one attached hydrogen (secondary N) is 1. The highest BCUT2D eigenvalue weighted by Gasteiger charge is 2.27. The van der Waals surface area contributed by atoms with Gasteiger partial charge in [-0.15, -0.1) is 0 Å². The van der Waals surface area contributed by atoms with Crippen molar-refractivity contribution in [3.63, 3.8) is 0 Å². The lowest BCUT2D eigenvalue weighted by atomic mass is 10.0. The zero-order valence-corrected chi connectivity index (χ0v) is 14.1. The van der Waals surface area contributed by atoms with Gasteiger partial charge >= 0.3 is 0 Å². The second-order valence-electron chi connectivity index (χ2n) is 5.93. The molecule has 0 radical (unpaired) electrons.